The molecule has 156 valence electrons. The van der Waals surface area contributed by atoms with Crippen LogP contribution in [0, 0.1) is 0 Å². The number of rotatable bonds is 7. The predicted octanol–water partition coefficient (Wildman–Crippen LogP) is 3.31. The maximum atomic E-state index is 12.4. The molecule has 1 aliphatic heterocycles. The number of nitrogens with one attached hydrogen (secondary N) is 2. The average Bonchev–Trinajstić information content (AvgIpc) is 3.11. The van der Waals surface area contributed by atoms with Crippen molar-refractivity contribution in [2.75, 3.05) is 25.1 Å². The van der Waals surface area contributed by atoms with Gasteiger partial charge in [0.2, 0.25) is 5.91 Å². The molecule has 7 heteroatoms. The molecule has 6 nitrogen and oxygen atoms in total. The predicted molar refractivity (Wildman–Crippen MR) is 128 cm³/mol. The van der Waals surface area contributed by atoms with E-state index in [1.54, 1.807) is 7.05 Å². The van der Waals surface area contributed by atoms with Crippen LogP contribution in [0.5, 0.6) is 0 Å². The number of halogens is 1. The summed E-state index contributed by atoms with van der Waals surface area (Å²) in [5, 5.41) is 6.68. The van der Waals surface area contributed by atoms with E-state index in [4.69, 9.17) is 4.74 Å². The molecule has 0 spiro atoms. The number of guanidine groups is 1. The number of para-hydroxylation sites is 1. The van der Waals surface area contributed by atoms with Gasteiger partial charge in [-0.2, -0.15) is 0 Å². The Morgan fingerprint density at radius 2 is 1.83 bits per heavy atom. The summed E-state index contributed by atoms with van der Waals surface area (Å²) in [5.41, 5.74) is 3.27. The first-order valence-corrected chi connectivity index (χ1v) is 9.67. The third-order valence-electron chi connectivity index (χ3n) is 4.71. The minimum absolute atomic E-state index is 0. The molecule has 1 fully saturated rings. The van der Waals surface area contributed by atoms with E-state index in [0.717, 1.165) is 17.9 Å². The number of anilines is 1. The van der Waals surface area contributed by atoms with Crippen molar-refractivity contribution in [3.05, 3.63) is 65.7 Å². The van der Waals surface area contributed by atoms with Crippen molar-refractivity contribution >= 4 is 41.5 Å². The summed E-state index contributed by atoms with van der Waals surface area (Å²) in [7, 11) is 1.74. The smallest absolute Gasteiger partial charge is 0.229 e. The number of hydrogen-bond acceptors (Lipinski definition) is 3. The highest BCUT2D eigenvalue weighted by atomic mass is 127. The lowest BCUT2D eigenvalue weighted by Crippen LogP contribution is -2.44. The second kappa shape index (κ2) is 11.8. The highest BCUT2D eigenvalue weighted by Crippen LogP contribution is 2.20. The second-order valence-corrected chi connectivity index (χ2v) is 6.76. The summed E-state index contributed by atoms with van der Waals surface area (Å²) >= 11 is 0. The zero-order chi connectivity index (χ0) is 19.8. The molecule has 0 saturated carbocycles. The first-order chi connectivity index (χ1) is 13.7. The maximum absolute atomic E-state index is 12.4. The van der Waals surface area contributed by atoms with E-state index in [0.29, 0.717) is 32.1 Å². The molecule has 2 aromatic carbocycles. The van der Waals surface area contributed by atoms with Crippen molar-refractivity contribution in [3.63, 3.8) is 0 Å². The van der Waals surface area contributed by atoms with Gasteiger partial charge in [-0.15, -0.1) is 24.0 Å². The molecule has 1 amide bonds. The van der Waals surface area contributed by atoms with Crippen molar-refractivity contribution < 1.29 is 9.53 Å². The molecule has 1 saturated heterocycles. The van der Waals surface area contributed by atoms with Gasteiger partial charge >= 0.3 is 0 Å². The number of aliphatic imine (C=N–C) groups is 1. The minimum atomic E-state index is 0. The second-order valence-electron chi connectivity index (χ2n) is 6.76. The van der Waals surface area contributed by atoms with Gasteiger partial charge in [0, 0.05) is 38.9 Å². The van der Waals surface area contributed by atoms with Gasteiger partial charge in [-0.25, -0.2) is 0 Å². The van der Waals surface area contributed by atoms with Gasteiger partial charge in [0.1, 0.15) is 0 Å². The fourth-order valence-electron chi connectivity index (χ4n) is 3.21. The molecule has 0 aromatic heterocycles. The van der Waals surface area contributed by atoms with Crippen LogP contribution in [-0.4, -0.2) is 38.1 Å². The Labute approximate surface area is 189 Å². The van der Waals surface area contributed by atoms with Gasteiger partial charge in [0.05, 0.1) is 12.6 Å². The van der Waals surface area contributed by atoms with Gasteiger partial charge in [0.15, 0.2) is 5.96 Å². The summed E-state index contributed by atoms with van der Waals surface area (Å²) in [6.07, 6.45) is 0.460. The number of carbonyl (C=O) groups excluding carboxylic acids is 1. The van der Waals surface area contributed by atoms with Gasteiger partial charge in [0.25, 0.3) is 0 Å². The molecule has 1 aliphatic rings. The Morgan fingerprint density at radius 1 is 1.14 bits per heavy atom. The summed E-state index contributed by atoms with van der Waals surface area (Å²) in [5.74, 6) is 0.829. The number of nitrogens with zero attached hydrogens (tertiary/aromatic N) is 2. The molecule has 1 heterocycles. The van der Waals surface area contributed by atoms with E-state index in [1.165, 1.54) is 5.56 Å². The summed E-state index contributed by atoms with van der Waals surface area (Å²) < 4.78 is 5.42. The van der Waals surface area contributed by atoms with Crippen LogP contribution in [0.1, 0.15) is 24.5 Å². The fourth-order valence-corrected chi connectivity index (χ4v) is 3.21. The molecule has 2 aromatic rings. The van der Waals surface area contributed by atoms with E-state index in [1.807, 2.05) is 42.2 Å². The Morgan fingerprint density at radius 3 is 2.48 bits per heavy atom. The van der Waals surface area contributed by atoms with Crippen LogP contribution in [0.2, 0.25) is 0 Å². The normalized spacial score (nSPS) is 16.5. The largest absolute Gasteiger partial charge is 0.377 e. The molecule has 29 heavy (non-hydrogen) atoms. The van der Waals surface area contributed by atoms with Crippen LogP contribution >= 0.6 is 24.0 Å². The standard InChI is InChI=1S/C22H28N4O2.HI/c1-3-28-16-18-11-9-17(10-12-18)14-24-22(23-2)25-19-13-21(27)26(15-19)20-7-5-4-6-8-20;/h4-12,19H,3,13-16H2,1-2H3,(H2,23,24,25);1H. The van der Waals surface area contributed by atoms with E-state index in [9.17, 15) is 4.79 Å². The van der Waals surface area contributed by atoms with Crippen molar-refractivity contribution in [2.45, 2.75) is 32.5 Å². The van der Waals surface area contributed by atoms with Crippen LogP contribution in [0.25, 0.3) is 0 Å². The first-order valence-electron chi connectivity index (χ1n) is 9.67. The lowest BCUT2D eigenvalue weighted by Gasteiger charge is -2.19. The Kier molecular flexibility index (Phi) is 9.40. The average molecular weight is 508 g/mol. The zero-order valence-corrected chi connectivity index (χ0v) is 19.3. The molecule has 0 bridgehead atoms. The van der Waals surface area contributed by atoms with Gasteiger partial charge in [-0.05, 0) is 30.2 Å². The maximum Gasteiger partial charge on any atom is 0.229 e. The van der Waals surface area contributed by atoms with Crippen LogP contribution in [0.15, 0.2) is 59.6 Å². The van der Waals surface area contributed by atoms with Crippen LogP contribution in [0.4, 0.5) is 5.69 Å². The highest BCUT2D eigenvalue weighted by Gasteiger charge is 2.30. The molecule has 0 aliphatic carbocycles. The van der Waals surface area contributed by atoms with E-state index in [2.05, 4.69) is 39.9 Å². The lowest BCUT2D eigenvalue weighted by atomic mass is 10.1. The van der Waals surface area contributed by atoms with Crippen LogP contribution in [0.3, 0.4) is 0 Å². The first kappa shape index (κ1) is 23.2. The summed E-state index contributed by atoms with van der Waals surface area (Å²) in [6, 6.07) is 18.1. The van der Waals surface area contributed by atoms with Crippen molar-refractivity contribution in [2.24, 2.45) is 4.99 Å². The van der Waals surface area contributed by atoms with E-state index in [-0.39, 0.29) is 35.9 Å². The number of amides is 1. The third-order valence-corrected chi connectivity index (χ3v) is 4.71. The number of ether oxygens (including phenoxy) is 1. The SMILES string of the molecule is CCOCc1ccc(CNC(=NC)NC2CC(=O)N(c3ccccc3)C2)cc1.I. The molecule has 2 N–H and O–H groups in total. The van der Waals surface area contributed by atoms with Gasteiger partial charge < -0.3 is 20.3 Å². The molecular weight excluding hydrogens is 479 g/mol. The van der Waals surface area contributed by atoms with E-state index >= 15 is 0 Å². The molecule has 0 radical (unpaired) electrons. The van der Waals surface area contributed by atoms with Crippen LogP contribution < -0.4 is 15.5 Å². The zero-order valence-electron chi connectivity index (χ0n) is 16.9. The van der Waals surface area contributed by atoms with Crippen molar-refractivity contribution in [1.82, 2.24) is 10.6 Å². The number of benzene rings is 2. The van der Waals surface area contributed by atoms with Gasteiger partial charge in [-0.1, -0.05) is 42.5 Å². The molecular formula is C22H29IN4O2. The van der Waals surface area contributed by atoms with Crippen LogP contribution in [-0.2, 0) is 22.7 Å². The summed E-state index contributed by atoms with van der Waals surface area (Å²) in [6.45, 7) is 4.65. The topological polar surface area (TPSA) is 66.0 Å². The monoisotopic (exact) mass is 508 g/mol. The quantitative estimate of drug-likeness (QED) is 0.342. The third kappa shape index (κ3) is 6.71. The van der Waals surface area contributed by atoms with Crippen molar-refractivity contribution in [3.8, 4) is 0 Å². The Hall–Kier alpha value is -2.13. The van der Waals surface area contributed by atoms with E-state index < -0.39 is 0 Å². The van der Waals surface area contributed by atoms with Gasteiger partial charge in [-0.3, -0.25) is 9.79 Å². The molecule has 1 unspecified atom stereocenters. The number of carbonyl (C=O) groups is 1. The lowest BCUT2D eigenvalue weighted by molar-refractivity contribution is -0.117. The number of hydrogen-bond donors (Lipinski definition) is 2. The summed E-state index contributed by atoms with van der Waals surface area (Å²) in [4.78, 5) is 18.5. The Bertz CT molecular complexity index is 796. The minimum Gasteiger partial charge on any atom is -0.377 e. The molecule has 3 rings (SSSR count). The van der Waals surface area contributed by atoms with Crippen molar-refractivity contribution in [1.29, 1.82) is 0 Å². The Balaban J connectivity index is 0.00000300. The fraction of sp³-hybridized carbons (Fsp3) is 0.364. The highest BCUT2D eigenvalue weighted by molar-refractivity contribution is 14.0. The molecule has 1 atom stereocenters.